The summed E-state index contributed by atoms with van der Waals surface area (Å²) in [4.78, 5) is 41.3. The van der Waals surface area contributed by atoms with Gasteiger partial charge in [-0.15, -0.1) is 0 Å². The Balaban J connectivity index is 1.63. The van der Waals surface area contributed by atoms with Crippen LogP contribution in [0.25, 0.3) is 0 Å². The minimum Gasteiger partial charge on any atom is -0.394 e. The van der Waals surface area contributed by atoms with Crippen molar-refractivity contribution in [3.8, 4) is 0 Å². The lowest BCUT2D eigenvalue weighted by molar-refractivity contribution is -0.145. The molecule has 3 aliphatic rings. The van der Waals surface area contributed by atoms with Gasteiger partial charge in [-0.05, 0) is 31.7 Å². The molecule has 1 spiro atoms. The Labute approximate surface area is 182 Å². The first kappa shape index (κ1) is 21.8. The van der Waals surface area contributed by atoms with Crippen LogP contribution in [0.15, 0.2) is 30.3 Å². The zero-order valence-corrected chi connectivity index (χ0v) is 18.0. The number of carbonyl (C=O) groups is 3. The number of aliphatic hydroxyl groups excluding tert-OH is 1. The number of hydrogen-bond acceptors (Lipinski definition) is 5. The van der Waals surface area contributed by atoms with Crippen molar-refractivity contribution in [1.29, 1.82) is 0 Å². The number of ether oxygens (including phenoxy) is 1. The third-order valence-electron chi connectivity index (χ3n) is 6.89. The second-order valence-corrected chi connectivity index (χ2v) is 8.83. The van der Waals surface area contributed by atoms with Crippen LogP contribution in [0.4, 0.5) is 0 Å². The van der Waals surface area contributed by atoms with Crippen molar-refractivity contribution in [1.82, 2.24) is 15.5 Å². The highest BCUT2D eigenvalue weighted by molar-refractivity contribution is 5.99. The number of rotatable bonds is 8. The Hall–Kier alpha value is -2.45. The molecule has 2 bridgehead atoms. The second-order valence-electron chi connectivity index (χ2n) is 8.83. The number of amides is 3. The van der Waals surface area contributed by atoms with Crippen LogP contribution in [-0.4, -0.2) is 64.7 Å². The largest absolute Gasteiger partial charge is 0.394 e. The van der Waals surface area contributed by atoms with Crippen LogP contribution in [0, 0.1) is 11.8 Å². The maximum absolute atomic E-state index is 13.5. The number of nitrogens with zero attached hydrogens (tertiary/aromatic N) is 1. The topological polar surface area (TPSA) is 108 Å². The molecule has 6 atom stereocenters. The number of benzene rings is 1. The summed E-state index contributed by atoms with van der Waals surface area (Å²) in [5.41, 5.74) is -0.0791. The number of hydrogen-bond donors (Lipinski definition) is 3. The third-order valence-corrected chi connectivity index (χ3v) is 6.89. The number of fused-ring (bicyclic) bond motifs is 1. The molecule has 3 aliphatic heterocycles. The number of nitrogens with one attached hydrogen (secondary N) is 2. The highest BCUT2D eigenvalue weighted by Gasteiger charge is 2.74. The first-order chi connectivity index (χ1) is 14.9. The molecule has 2 unspecified atom stereocenters. The lowest BCUT2D eigenvalue weighted by Crippen LogP contribution is -2.57. The van der Waals surface area contributed by atoms with E-state index in [0.29, 0.717) is 25.9 Å². The average Bonchev–Trinajstić information content (AvgIpc) is 3.43. The Morgan fingerprint density at radius 2 is 2.00 bits per heavy atom. The van der Waals surface area contributed by atoms with Crippen molar-refractivity contribution in [2.75, 3.05) is 13.2 Å². The quantitative estimate of drug-likeness (QED) is 0.560. The predicted octanol–water partition coefficient (Wildman–Crippen LogP) is 0.584. The molecule has 3 fully saturated rings. The fourth-order valence-electron chi connectivity index (χ4n) is 5.50. The van der Waals surface area contributed by atoms with Gasteiger partial charge < -0.3 is 25.4 Å². The van der Waals surface area contributed by atoms with E-state index in [2.05, 4.69) is 10.6 Å². The van der Waals surface area contributed by atoms with Crippen LogP contribution >= 0.6 is 0 Å². The molecular formula is C23H31N3O5. The molecule has 0 saturated carbocycles. The van der Waals surface area contributed by atoms with E-state index >= 15 is 0 Å². The summed E-state index contributed by atoms with van der Waals surface area (Å²) in [5.74, 6) is -2.08. The highest BCUT2D eigenvalue weighted by Crippen LogP contribution is 2.58. The van der Waals surface area contributed by atoms with Gasteiger partial charge >= 0.3 is 0 Å². The summed E-state index contributed by atoms with van der Waals surface area (Å²) in [6.45, 7) is 4.28. The predicted molar refractivity (Wildman–Crippen MR) is 113 cm³/mol. The summed E-state index contributed by atoms with van der Waals surface area (Å²) in [6, 6.07) is 8.12. The van der Waals surface area contributed by atoms with Crippen LogP contribution in [0.1, 0.15) is 38.7 Å². The van der Waals surface area contributed by atoms with E-state index in [1.54, 1.807) is 6.92 Å². The van der Waals surface area contributed by atoms with E-state index < -0.39 is 29.5 Å². The maximum Gasteiger partial charge on any atom is 0.246 e. The molecule has 31 heavy (non-hydrogen) atoms. The molecule has 3 heterocycles. The van der Waals surface area contributed by atoms with Crippen LogP contribution < -0.4 is 10.6 Å². The summed E-state index contributed by atoms with van der Waals surface area (Å²) in [7, 11) is 0. The SMILES string of the molecule is CCCNC(=O)[C@@H]1[C@@H]2CCC3(O2)C(C(=O)NCc2ccccc2)N([C@H](C)CO)C(=O)[C@H]13. The zero-order chi connectivity index (χ0) is 22.2. The Morgan fingerprint density at radius 3 is 2.68 bits per heavy atom. The van der Waals surface area contributed by atoms with E-state index in [9.17, 15) is 19.5 Å². The minimum atomic E-state index is -1.03. The second kappa shape index (κ2) is 8.59. The normalized spacial score (nSPS) is 32.1. The van der Waals surface area contributed by atoms with Gasteiger partial charge in [-0.3, -0.25) is 14.4 Å². The number of carbonyl (C=O) groups excluding carboxylic acids is 3. The molecule has 0 radical (unpaired) electrons. The summed E-state index contributed by atoms with van der Waals surface area (Å²) >= 11 is 0. The Bertz CT molecular complexity index is 847. The van der Waals surface area contributed by atoms with Gasteiger partial charge in [0.2, 0.25) is 17.7 Å². The molecule has 8 nitrogen and oxygen atoms in total. The molecule has 1 aromatic rings. The van der Waals surface area contributed by atoms with Gasteiger partial charge in [-0.25, -0.2) is 0 Å². The molecule has 4 rings (SSSR count). The van der Waals surface area contributed by atoms with Gasteiger partial charge in [0.15, 0.2) is 0 Å². The number of aliphatic hydroxyl groups is 1. The van der Waals surface area contributed by atoms with Crippen molar-refractivity contribution >= 4 is 17.7 Å². The van der Waals surface area contributed by atoms with Gasteiger partial charge in [-0.2, -0.15) is 0 Å². The molecule has 3 amide bonds. The van der Waals surface area contributed by atoms with E-state index in [0.717, 1.165) is 12.0 Å². The van der Waals surface area contributed by atoms with E-state index in [1.807, 2.05) is 37.3 Å². The van der Waals surface area contributed by atoms with Gasteiger partial charge in [0.25, 0.3) is 0 Å². The van der Waals surface area contributed by atoms with E-state index in [1.165, 1.54) is 4.90 Å². The average molecular weight is 430 g/mol. The molecule has 3 saturated heterocycles. The molecular weight excluding hydrogens is 398 g/mol. The number of likely N-dealkylation sites (tertiary alicyclic amines) is 1. The van der Waals surface area contributed by atoms with Gasteiger partial charge in [-0.1, -0.05) is 37.3 Å². The van der Waals surface area contributed by atoms with Gasteiger partial charge in [0.1, 0.15) is 11.6 Å². The Kier molecular flexibility index (Phi) is 6.03. The maximum atomic E-state index is 13.5. The van der Waals surface area contributed by atoms with Crippen molar-refractivity contribution in [3.63, 3.8) is 0 Å². The smallest absolute Gasteiger partial charge is 0.246 e. The monoisotopic (exact) mass is 429 g/mol. The standard InChI is InChI=1S/C23H31N3O5/c1-3-11-24-20(28)17-16-9-10-23(31-16)18(17)22(30)26(14(2)13-27)19(23)21(29)25-12-15-7-5-4-6-8-15/h4-8,14,16-19,27H,3,9-13H2,1-2H3,(H,24,28)(H,25,29)/t14-,16+,17-,18+,19?,23?/m1/s1. The van der Waals surface area contributed by atoms with Crippen molar-refractivity contribution in [3.05, 3.63) is 35.9 Å². The first-order valence-corrected chi connectivity index (χ1v) is 11.1. The summed E-state index contributed by atoms with van der Waals surface area (Å²) < 4.78 is 6.31. The summed E-state index contributed by atoms with van der Waals surface area (Å²) in [5, 5.41) is 15.6. The van der Waals surface area contributed by atoms with Crippen LogP contribution in [-0.2, 0) is 25.7 Å². The highest BCUT2D eigenvalue weighted by atomic mass is 16.5. The fourth-order valence-corrected chi connectivity index (χ4v) is 5.50. The van der Waals surface area contributed by atoms with Crippen molar-refractivity contribution in [2.45, 2.75) is 63.4 Å². The van der Waals surface area contributed by atoms with E-state index in [4.69, 9.17) is 4.74 Å². The van der Waals surface area contributed by atoms with E-state index in [-0.39, 0.29) is 30.4 Å². The summed E-state index contributed by atoms with van der Waals surface area (Å²) in [6.07, 6.45) is 1.62. The van der Waals surface area contributed by atoms with Crippen LogP contribution in [0.3, 0.4) is 0 Å². The zero-order valence-electron chi connectivity index (χ0n) is 18.0. The molecule has 0 aromatic heterocycles. The Morgan fingerprint density at radius 1 is 1.26 bits per heavy atom. The lowest BCUT2D eigenvalue weighted by Gasteiger charge is -2.35. The molecule has 1 aromatic carbocycles. The van der Waals surface area contributed by atoms with Crippen molar-refractivity contribution in [2.24, 2.45) is 11.8 Å². The lowest BCUT2D eigenvalue weighted by atomic mass is 9.70. The molecule has 168 valence electrons. The van der Waals surface area contributed by atoms with Crippen LogP contribution in [0.5, 0.6) is 0 Å². The van der Waals surface area contributed by atoms with Crippen LogP contribution in [0.2, 0.25) is 0 Å². The van der Waals surface area contributed by atoms with Crippen molar-refractivity contribution < 1.29 is 24.2 Å². The van der Waals surface area contributed by atoms with Gasteiger partial charge in [0, 0.05) is 13.1 Å². The molecule has 8 heteroatoms. The van der Waals surface area contributed by atoms with Gasteiger partial charge in [0.05, 0.1) is 30.6 Å². The third kappa shape index (κ3) is 3.51. The first-order valence-electron chi connectivity index (χ1n) is 11.1. The minimum absolute atomic E-state index is 0.186. The molecule has 3 N–H and O–H groups in total. The fraction of sp³-hybridized carbons (Fsp3) is 0.609. The molecule has 0 aliphatic carbocycles.